The van der Waals surface area contributed by atoms with E-state index in [1.807, 2.05) is 0 Å². The zero-order valence-corrected chi connectivity index (χ0v) is 9.19. The van der Waals surface area contributed by atoms with E-state index in [4.69, 9.17) is 0 Å². The molecule has 1 aliphatic rings. The second kappa shape index (κ2) is 3.93. The molecule has 0 spiro atoms. The van der Waals surface area contributed by atoms with E-state index < -0.39 is 0 Å². The van der Waals surface area contributed by atoms with Gasteiger partial charge >= 0.3 is 0 Å². The van der Waals surface area contributed by atoms with E-state index in [9.17, 15) is 9.59 Å². The van der Waals surface area contributed by atoms with Crippen LogP contribution in [0.4, 0.5) is 5.82 Å². The highest BCUT2D eigenvalue weighted by Crippen LogP contribution is 2.22. The first-order valence-electron chi connectivity index (χ1n) is 4.20. The second-order valence-electron chi connectivity index (χ2n) is 3.02. The molecule has 1 aromatic heterocycles. The van der Waals surface area contributed by atoms with Crippen LogP contribution in [-0.2, 0) is 9.59 Å². The van der Waals surface area contributed by atoms with Crippen LogP contribution >= 0.6 is 15.9 Å². The molecule has 0 radical (unpaired) electrons. The molecule has 0 aromatic carbocycles. The van der Waals surface area contributed by atoms with Gasteiger partial charge in [0.1, 0.15) is 12.1 Å². The van der Waals surface area contributed by atoms with Crippen LogP contribution in [0.5, 0.6) is 0 Å². The second-order valence-corrected chi connectivity index (χ2v) is 3.88. The van der Waals surface area contributed by atoms with Crippen molar-refractivity contribution in [1.29, 1.82) is 0 Å². The van der Waals surface area contributed by atoms with Crippen molar-refractivity contribution in [2.75, 3.05) is 18.0 Å². The predicted octanol–water partition coefficient (Wildman–Crippen LogP) is -0.298. The number of nitrogens with one attached hydrogen (secondary N) is 1. The molecule has 1 N–H and O–H groups in total. The average Bonchev–Trinajstić information content (AvgIpc) is 2.16. The van der Waals surface area contributed by atoms with Gasteiger partial charge in [-0.2, -0.15) is 0 Å². The minimum atomic E-state index is -0.322. The lowest BCUT2D eigenvalue weighted by molar-refractivity contribution is -0.130. The Labute approximate surface area is 93.8 Å². The van der Waals surface area contributed by atoms with E-state index in [-0.39, 0.29) is 24.9 Å². The highest BCUT2D eigenvalue weighted by atomic mass is 79.9. The fourth-order valence-corrected chi connectivity index (χ4v) is 1.80. The van der Waals surface area contributed by atoms with Crippen molar-refractivity contribution in [2.24, 2.45) is 0 Å². The third-order valence-corrected chi connectivity index (χ3v) is 2.45. The van der Waals surface area contributed by atoms with Crippen LogP contribution in [0, 0.1) is 0 Å². The molecule has 1 aliphatic heterocycles. The number of anilines is 1. The molecule has 1 saturated heterocycles. The molecule has 6 nitrogen and oxygen atoms in total. The van der Waals surface area contributed by atoms with E-state index in [1.54, 1.807) is 11.1 Å². The van der Waals surface area contributed by atoms with Crippen LogP contribution in [0.15, 0.2) is 17.0 Å². The summed E-state index contributed by atoms with van der Waals surface area (Å²) in [4.78, 5) is 31.7. The fourth-order valence-electron chi connectivity index (χ4n) is 1.33. The lowest BCUT2D eigenvalue weighted by Gasteiger charge is -2.26. The van der Waals surface area contributed by atoms with Crippen molar-refractivity contribution in [2.45, 2.75) is 0 Å². The largest absolute Gasteiger partial charge is 0.337 e. The molecule has 0 saturated carbocycles. The molecule has 2 rings (SSSR count). The summed E-state index contributed by atoms with van der Waals surface area (Å²) in [5, 5.41) is 2.22. The topological polar surface area (TPSA) is 75.2 Å². The van der Waals surface area contributed by atoms with Crippen molar-refractivity contribution < 1.29 is 9.59 Å². The first-order valence-corrected chi connectivity index (χ1v) is 4.99. The van der Waals surface area contributed by atoms with Gasteiger partial charge < -0.3 is 4.90 Å². The van der Waals surface area contributed by atoms with Gasteiger partial charge in [0.15, 0.2) is 0 Å². The van der Waals surface area contributed by atoms with Crippen LogP contribution in [0.3, 0.4) is 0 Å². The van der Waals surface area contributed by atoms with E-state index in [0.29, 0.717) is 10.3 Å². The van der Waals surface area contributed by atoms with Crippen molar-refractivity contribution in [1.82, 2.24) is 15.3 Å². The maximum absolute atomic E-state index is 11.1. The SMILES string of the molecule is O=C1CN(c2ncncc2Br)CC(=O)N1. The molecular weight excluding hydrogens is 264 g/mol. The molecule has 0 aliphatic carbocycles. The highest BCUT2D eigenvalue weighted by molar-refractivity contribution is 9.10. The molecule has 0 unspecified atom stereocenters. The van der Waals surface area contributed by atoms with E-state index >= 15 is 0 Å². The number of amides is 2. The predicted molar refractivity (Wildman–Crippen MR) is 55.1 cm³/mol. The van der Waals surface area contributed by atoms with E-state index in [0.717, 1.165) is 0 Å². The maximum atomic E-state index is 11.1. The molecule has 1 aromatic rings. The molecule has 0 atom stereocenters. The van der Waals surface area contributed by atoms with Gasteiger partial charge in [-0.1, -0.05) is 0 Å². The van der Waals surface area contributed by atoms with Crippen molar-refractivity contribution in [3.05, 3.63) is 17.0 Å². The summed E-state index contributed by atoms with van der Waals surface area (Å²) in [6.45, 7) is 0.253. The number of nitrogens with zero attached hydrogens (tertiary/aromatic N) is 3. The normalized spacial score (nSPS) is 16.5. The highest BCUT2D eigenvalue weighted by Gasteiger charge is 2.24. The third kappa shape index (κ3) is 2.12. The van der Waals surface area contributed by atoms with Crippen molar-refractivity contribution in [3.8, 4) is 0 Å². The summed E-state index contributed by atoms with van der Waals surface area (Å²) in [7, 11) is 0. The zero-order chi connectivity index (χ0) is 10.8. The summed E-state index contributed by atoms with van der Waals surface area (Å²) < 4.78 is 0.660. The molecular formula is C8H7BrN4O2. The lowest BCUT2D eigenvalue weighted by Crippen LogP contribution is -2.51. The van der Waals surface area contributed by atoms with Gasteiger partial charge in [0.2, 0.25) is 11.8 Å². The third-order valence-electron chi connectivity index (χ3n) is 1.90. The van der Waals surface area contributed by atoms with Crippen LogP contribution < -0.4 is 10.2 Å². The molecule has 2 amide bonds. The molecule has 2 heterocycles. The summed E-state index contributed by atoms with van der Waals surface area (Å²) >= 11 is 3.26. The van der Waals surface area contributed by atoms with E-state index in [1.165, 1.54) is 6.33 Å². The van der Waals surface area contributed by atoms with Crippen molar-refractivity contribution in [3.63, 3.8) is 0 Å². The number of halogens is 1. The summed E-state index contributed by atoms with van der Waals surface area (Å²) in [6, 6.07) is 0. The first-order chi connectivity index (χ1) is 7.16. The van der Waals surface area contributed by atoms with Gasteiger partial charge in [-0.05, 0) is 15.9 Å². The van der Waals surface area contributed by atoms with Crippen LogP contribution in [0.25, 0.3) is 0 Å². The minimum Gasteiger partial charge on any atom is -0.337 e. The van der Waals surface area contributed by atoms with Crippen LogP contribution in [0.2, 0.25) is 0 Å². The number of rotatable bonds is 1. The monoisotopic (exact) mass is 270 g/mol. The number of hydrogen-bond acceptors (Lipinski definition) is 5. The van der Waals surface area contributed by atoms with Gasteiger partial charge in [-0.25, -0.2) is 9.97 Å². The Morgan fingerprint density at radius 3 is 2.60 bits per heavy atom. The Morgan fingerprint density at radius 1 is 1.33 bits per heavy atom. The fraction of sp³-hybridized carbons (Fsp3) is 0.250. The molecule has 7 heteroatoms. The Morgan fingerprint density at radius 2 is 2.00 bits per heavy atom. The Bertz CT molecular complexity index is 407. The molecule has 0 bridgehead atoms. The van der Waals surface area contributed by atoms with Crippen LogP contribution in [-0.4, -0.2) is 34.9 Å². The number of imide groups is 1. The van der Waals surface area contributed by atoms with Gasteiger partial charge in [-0.3, -0.25) is 14.9 Å². The molecule has 1 fully saturated rings. The van der Waals surface area contributed by atoms with Gasteiger partial charge in [0.25, 0.3) is 0 Å². The summed E-state index contributed by atoms with van der Waals surface area (Å²) in [5.41, 5.74) is 0. The summed E-state index contributed by atoms with van der Waals surface area (Å²) in [5.74, 6) is -0.0956. The Kier molecular flexibility index (Phi) is 2.63. The van der Waals surface area contributed by atoms with Crippen molar-refractivity contribution >= 4 is 33.6 Å². The number of hydrogen-bond donors (Lipinski definition) is 1. The number of carbonyl (C=O) groups excluding carboxylic acids is 2. The quantitative estimate of drug-likeness (QED) is 0.710. The smallest absolute Gasteiger partial charge is 0.246 e. The summed E-state index contributed by atoms with van der Waals surface area (Å²) in [6.07, 6.45) is 2.94. The average molecular weight is 271 g/mol. The Hall–Kier alpha value is -1.50. The van der Waals surface area contributed by atoms with E-state index in [2.05, 4.69) is 31.2 Å². The first kappa shape index (κ1) is 10.0. The zero-order valence-electron chi connectivity index (χ0n) is 7.61. The van der Waals surface area contributed by atoms with Gasteiger partial charge in [0, 0.05) is 6.20 Å². The lowest BCUT2D eigenvalue weighted by atomic mass is 10.3. The minimum absolute atomic E-state index is 0.126. The van der Waals surface area contributed by atoms with Crippen LogP contribution in [0.1, 0.15) is 0 Å². The number of aromatic nitrogens is 2. The van der Waals surface area contributed by atoms with Gasteiger partial charge in [0.05, 0.1) is 17.6 Å². The number of piperazine rings is 1. The maximum Gasteiger partial charge on any atom is 0.246 e. The molecule has 78 valence electrons. The van der Waals surface area contributed by atoms with Gasteiger partial charge in [-0.15, -0.1) is 0 Å². The standard InChI is InChI=1S/C8H7BrN4O2/c9-5-1-10-4-11-8(5)13-2-6(14)12-7(15)3-13/h1,4H,2-3H2,(H,12,14,15). The number of carbonyl (C=O) groups is 2. The Balaban J connectivity index is 2.27. The molecule has 15 heavy (non-hydrogen) atoms.